The van der Waals surface area contributed by atoms with Crippen LogP contribution in [0.15, 0.2) is 47.1 Å². The van der Waals surface area contributed by atoms with E-state index in [4.69, 9.17) is 21.0 Å². The van der Waals surface area contributed by atoms with Crippen LogP contribution in [0.25, 0.3) is 0 Å². The van der Waals surface area contributed by atoms with E-state index in [-0.39, 0.29) is 5.91 Å². The molecule has 2 aromatic heterocycles. The van der Waals surface area contributed by atoms with E-state index in [0.29, 0.717) is 18.7 Å². The summed E-state index contributed by atoms with van der Waals surface area (Å²) in [6.45, 7) is 5.09. The fourth-order valence-electron chi connectivity index (χ4n) is 3.22. The molecule has 0 bridgehead atoms. The predicted octanol–water partition coefficient (Wildman–Crippen LogP) is 2.93. The number of aromatic nitrogens is 2. The average molecular weight is 432 g/mol. The Morgan fingerprint density at radius 2 is 1.97 bits per heavy atom. The maximum atomic E-state index is 11.9. The molecule has 0 radical (unpaired) electrons. The van der Waals surface area contributed by atoms with Gasteiger partial charge in [-0.25, -0.2) is 4.98 Å². The molecule has 3 aromatic rings. The summed E-state index contributed by atoms with van der Waals surface area (Å²) >= 11 is 7.39. The Hall–Kier alpha value is -2.42. The van der Waals surface area contributed by atoms with Crippen molar-refractivity contribution >= 4 is 34.2 Å². The van der Waals surface area contributed by atoms with E-state index in [9.17, 15) is 4.79 Å². The van der Waals surface area contributed by atoms with Crippen molar-refractivity contribution in [2.75, 3.05) is 44.2 Å². The molecule has 3 heterocycles. The molecule has 1 aromatic carbocycles. The first kappa shape index (κ1) is 19.9. The van der Waals surface area contributed by atoms with Crippen LogP contribution in [-0.2, 0) is 6.42 Å². The fraction of sp³-hybridized carbons (Fsp3) is 0.350. The van der Waals surface area contributed by atoms with Crippen LogP contribution in [0.2, 0.25) is 5.02 Å². The lowest BCUT2D eigenvalue weighted by Gasteiger charge is -2.34. The topological polar surface area (TPSA) is 74.5 Å². The van der Waals surface area contributed by atoms with Crippen LogP contribution in [0.4, 0.5) is 5.13 Å². The average Bonchev–Trinajstić information content (AvgIpc) is 3.43. The molecule has 4 rings (SSSR count). The van der Waals surface area contributed by atoms with Crippen molar-refractivity contribution in [3.63, 3.8) is 0 Å². The van der Waals surface area contributed by atoms with Crippen LogP contribution in [0.3, 0.4) is 0 Å². The molecule has 0 aliphatic carbocycles. The summed E-state index contributed by atoms with van der Waals surface area (Å²) in [6.07, 6.45) is 2.21. The molecule has 152 valence electrons. The highest BCUT2D eigenvalue weighted by atomic mass is 35.5. The van der Waals surface area contributed by atoms with Crippen LogP contribution in [-0.4, -0.2) is 59.4 Å². The number of piperazine rings is 1. The third-order valence-electron chi connectivity index (χ3n) is 4.83. The van der Waals surface area contributed by atoms with Crippen molar-refractivity contribution in [3.8, 4) is 0 Å². The van der Waals surface area contributed by atoms with Crippen LogP contribution < -0.4 is 10.2 Å². The second kappa shape index (κ2) is 9.39. The van der Waals surface area contributed by atoms with Crippen molar-refractivity contribution in [3.05, 3.63) is 64.8 Å². The minimum atomic E-state index is -0.171. The summed E-state index contributed by atoms with van der Waals surface area (Å²) in [4.78, 5) is 21.2. The molecule has 0 spiro atoms. The van der Waals surface area contributed by atoms with Crippen LogP contribution in [0.5, 0.6) is 0 Å². The lowest BCUT2D eigenvalue weighted by molar-refractivity contribution is 0.0920. The maximum Gasteiger partial charge on any atom is 0.287 e. The van der Waals surface area contributed by atoms with E-state index in [1.54, 1.807) is 12.1 Å². The number of hydrogen-bond donors (Lipinski definition) is 1. The second-order valence-electron chi connectivity index (χ2n) is 6.86. The van der Waals surface area contributed by atoms with Crippen molar-refractivity contribution in [2.45, 2.75) is 6.42 Å². The Kier molecular flexibility index (Phi) is 6.43. The van der Waals surface area contributed by atoms with E-state index in [0.717, 1.165) is 54.3 Å². The minimum Gasteiger partial charge on any atom is -0.459 e. The van der Waals surface area contributed by atoms with Crippen LogP contribution >= 0.6 is 23.1 Å². The fourth-order valence-corrected chi connectivity index (χ4v) is 4.08. The SMILES string of the molecule is O=C(NCCN1CCN(c2nc(Cc3ccc(Cl)cc3)ns2)CC1)c1ccco1. The zero-order chi connectivity index (χ0) is 20.1. The Bertz CT molecular complexity index is 921. The number of nitrogens with one attached hydrogen (secondary N) is 1. The number of rotatable bonds is 7. The smallest absolute Gasteiger partial charge is 0.287 e. The zero-order valence-electron chi connectivity index (χ0n) is 15.9. The first-order chi connectivity index (χ1) is 14.2. The summed E-state index contributed by atoms with van der Waals surface area (Å²) < 4.78 is 9.60. The third kappa shape index (κ3) is 5.35. The number of amides is 1. The molecule has 1 amide bonds. The normalized spacial score (nSPS) is 14.9. The number of hydrogen-bond acceptors (Lipinski definition) is 7. The Labute approximate surface area is 178 Å². The van der Waals surface area contributed by atoms with Gasteiger partial charge in [0.15, 0.2) is 5.76 Å². The maximum absolute atomic E-state index is 11.9. The van der Waals surface area contributed by atoms with E-state index in [1.807, 2.05) is 24.3 Å². The Morgan fingerprint density at radius 1 is 1.17 bits per heavy atom. The van der Waals surface area contributed by atoms with Gasteiger partial charge in [-0.1, -0.05) is 23.7 Å². The summed E-state index contributed by atoms with van der Waals surface area (Å²) in [5.41, 5.74) is 1.15. The molecular formula is C20H22ClN5O2S. The highest BCUT2D eigenvalue weighted by Crippen LogP contribution is 2.21. The molecule has 1 aliphatic rings. The number of nitrogens with zero attached hydrogens (tertiary/aromatic N) is 4. The molecule has 0 unspecified atom stereocenters. The number of halogens is 1. The van der Waals surface area contributed by atoms with Gasteiger partial charge in [0.2, 0.25) is 5.13 Å². The molecule has 29 heavy (non-hydrogen) atoms. The lowest BCUT2D eigenvalue weighted by atomic mass is 10.1. The second-order valence-corrected chi connectivity index (χ2v) is 8.03. The van der Waals surface area contributed by atoms with Gasteiger partial charge >= 0.3 is 0 Å². The number of benzene rings is 1. The summed E-state index contributed by atoms with van der Waals surface area (Å²) in [7, 11) is 0. The molecule has 1 saturated heterocycles. The molecule has 1 N–H and O–H groups in total. The number of furan rings is 1. The van der Waals surface area contributed by atoms with E-state index < -0.39 is 0 Å². The summed E-state index contributed by atoms with van der Waals surface area (Å²) in [5.74, 6) is 1.02. The van der Waals surface area contributed by atoms with Gasteiger partial charge < -0.3 is 14.6 Å². The van der Waals surface area contributed by atoms with Crippen LogP contribution in [0, 0.1) is 0 Å². The molecule has 0 atom stereocenters. The molecule has 7 nitrogen and oxygen atoms in total. The number of carbonyl (C=O) groups is 1. The Balaban J connectivity index is 1.21. The summed E-state index contributed by atoms with van der Waals surface area (Å²) in [6, 6.07) is 11.2. The largest absolute Gasteiger partial charge is 0.459 e. The van der Waals surface area contributed by atoms with Gasteiger partial charge in [0.25, 0.3) is 5.91 Å². The van der Waals surface area contributed by atoms with E-state index in [1.165, 1.54) is 17.8 Å². The molecule has 1 fully saturated rings. The van der Waals surface area contributed by atoms with Gasteiger partial charge in [0.1, 0.15) is 5.82 Å². The van der Waals surface area contributed by atoms with Crippen molar-refractivity contribution in [1.82, 2.24) is 19.6 Å². The standard InChI is InChI=1S/C20H22ClN5O2S/c21-16-5-3-15(4-6-16)14-18-23-20(29-24-18)26-11-9-25(10-12-26)8-7-22-19(27)17-2-1-13-28-17/h1-6,13H,7-12,14H2,(H,22,27). The third-order valence-corrected chi connectivity index (χ3v) is 5.90. The van der Waals surface area contributed by atoms with E-state index in [2.05, 4.69) is 19.5 Å². The van der Waals surface area contributed by atoms with Gasteiger partial charge in [-0.05, 0) is 29.8 Å². The van der Waals surface area contributed by atoms with Gasteiger partial charge in [0, 0.05) is 62.2 Å². The molecule has 9 heteroatoms. The highest BCUT2D eigenvalue weighted by Gasteiger charge is 2.20. The van der Waals surface area contributed by atoms with Crippen molar-refractivity contribution in [2.24, 2.45) is 0 Å². The van der Waals surface area contributed by atoms with Gasteiger partial charge in [-0.3, -0.25) is 9.69 Å². The van der Waals surface area contributed by atoms with Crippen molar-refractivity contribution in [1.29, 1.82) is 0 Å². The Morgan fingerprint density at radius 3 is 2.69 bits per heavy atom. The minimum absolute atomic E-state index is 0.171. The van der Waals surface area contributed by atoms with Crippen molar-refractivity contribution < 1.29 is 9.21 Å². The lowest BCUT2D eigenvalue weighted by Crippen LogP contribution is -2.48. The van der Waals surface area contributed by atoms with Gasteiger partial charge in [-0.15, -0.1) is 0 Å². The zero-order valence-corrected chi connectivity index (χ0v) is 17.5. The van der Waals surface area contributed by atoms with E-state index >= 15 is 0 Å². The highest BCUT2D eigenvalue weighted by molar-refractivity contribution is 7.09. The number of carbonyl (C=O) groups excluding carboxylic acids is 1. The molecular weight excluding hydrogens is 410 g/mol. The summed E-state index contributed by atoms with van der Waals surface area (Å²) in [5, 5.41) is 4.60. The van der Waals surface area contributed by atoms with Gasteiger partial charge in [-0.2, -0.15) is 4.37 Å². The molecule has 0 saturated carbocycles. The predicted molar refractivity (Wildman–Crippen MR) is 114 cm³/mol. The quantitative estimate of drug-likeness (QED) is 0.620. The monoisotopic (exact) mass is 431 g/mol. The van der Waals surface area contributed by atoms with Gasteiger partial charge in [0.05, 0.1) is 6.26 Å². The molecule has 1 aliphatic heterocycles. The first-order valence-corrected chi connectivity index (χ1v) is 10.7. The van der Waals surface area contributed by atoms with Crippen LogP contribution in [0.1, 0.15) is 21.9 Å². The first-order valence-electron chi connectivity index (χ1n) is 9.53. The number of anilines is 1.